The Balaban J connectivity index is 2.20. The third-order valence-corrected chi connectivity index (χ3v) is 2.71. The minimum atomic E-state index is 0.598. The first kappa shape index (κ1) is 10.5. The Morgan fingerprint density at radius 1 is 1.28 bits per heavy atom. The molecule has 6 nitrogen and oxygen atoms in total. The lowest BCUT2D eigenvalue weighted by Gasteiger charge is -2.06. The van der Waals surface area contributed by atoms with E-state index in [0.717, 1.165) is 5.56 Å². The highest BCUT2D eigenvalue weighted by atomic mass is 16.5. The van der Waals surface area contributed by atoms with Crippen molar-refractivity contribution < 1.29 is 4.74 Å². The van der Waals surface area contributed by atoms with Gasteiger partial charge in [-0.25, -0.2) is 0 Å². The van der Waals surface area contributed by atoms with Gasteiger partial charge in [0.1, 0.15) is 5.75 Å². The van der Waals surface area contributed by atoms with Crippen LogP contribution in [0.2, 0.25) is 0 Å². The number of nitrogens with two attached hydrogens (primary N) is 1. The van der Waals surface area contributed by atoms with Crippen molar-refractivity contribution in [3.8, 4) is 17.1 Å². The number of nitrogen functional groups attached to an aromatic ring is 1. The maximum atomic E-state index is 6.00. The van der Waals surface area contributed by atoms with E-state index < -0.39 is 0 Å². The first-order valence-corrected chi connectivity index (χ1v) is 5.38. The summed E-state index contributed by atoms with van der Waals surface area (Å²) in [5, 5.41) is 8.18. The first-order chi connectivity index (χ1) is 8.79. The molecule has 2 heterocycles. The predicted octanol–water partition coefficient (Wildman–Crippen LogP) is 1.38. The Bertz CT molecular complexity index is 707. The van der Waals surface area contributed by atoms with Crippen molar-refractivity contribution in [2.45, 2.75) is 0 Å². The molecule has 90 valence electrons. The zero-order chi connectivity index (χ0) is 12.5. The van der Waals surface area contributed by atoms with Gasteiger partial charge in [-0.1, -0.05) is 0 Å². The maximum Gasteiger partial charge on any atom is 0.179 e. The molecular formula is C12H11N5O. The molecule has 0 radical (unpaired) electrons. The second-order valence-electron chi connectivity index (χ2n) is 3.78. The SMILES string of the molecule is COc1ccc(-c2nnc3cnccn23)c(N)c1. The fourth-order valence-corrected chi connectivity index (χ4v) is 1.81. The lowest BCUT2D eigenvalue weighted by molar-refractivity contribution is 0.415. The van der Waals surface area contributed by atoms with Gasteiger partial charge < -0.3 is 10.5 Å². The van der Waals surface area contributed by atoms with E-state index in [0.29, 0.717) is 22.9 Å². The smallest absolute Gasteiger partial charge is 0.179 e. The number of hydrogen-bond acceptors (Lipinski definition) is 5. The molecule has 18 heavy (non-hydrogen) atoms. The maximum absolute atomic E-state index is 6.00. The first-order valence-electron chi connectivity index (χ1n) is 5.38. The Labute approximate surface area is 103 Å². The third-order valence-electron chi connectivity index (χ3n) is 2.71. The zero-order valence-corrected chi connectivity index (χ0v) is 9.74. The summed E-state index contributed by atoms with van der Waals surface area (Å²) in [6.07, 6.45) is 5.13. The van der Waals surface area contributed by atoms with Crippen LogP contribution in [0.25, 0.3) is 17.0 Å². The van der Waals surface area contributed by atoms with Crippen molar-refractivity contribution in [3.63, 3.8) is 0 Å². The van der Waals surface area contributed by atoms with Crippen LogP contribution in [0, 0.1) is 0 Å². The number of nitrogens with zero attached hydrogens (tertiary/aromatic N) is 4. The van der Waals surface area contributed by atoms with E-state index in [1.54, 1.807) is 31.8 Å². The van der Waals surface area contributed by atoms with Gasteiger partial charge in [0.25, 0.3) is 0 Å². The number of benzene rings is 1. The predicted molar refractivity (Wildman–Crippen MR) is 67.2 cm³/mol. The summed E-state index contributed by atoms with van der Waals surface area (Å²) >= 11 is 0. The quantitative estimate of drug-likeness (QED) is 0.686. The number of fused-ring (bicyclic) bond motifs is 1. The summed E-state index contributed by atoms with van der Waals surface area (Å²) in [5.41, 5.74) is 8.10. The lowest BCUT2D eigenvalue weighted by atomic mass is 10.1. The number of anilines is 1. The second kappa shape index (κ2) is 3.99. The molecular weight excluding hydrogens is 230 g/mol. The van der Waals surface area contributed by atoms with E-state index in [9.17, 15) is 0 Å². The zero-order valence-electron chi connectivity index (χ0n) is 9.74. The molecule has 0 saturated carbocycles. The Hall–Kier alpha value is -2.63. The highest BCUT2D eigenvalue weighted by Crippen LogP contribution is 2.28. The van der Waals surface area contributed by atoms with Crippen LogP contribution in [0.15, 0.2) is 36.8 Å². The molecule has 3 aromatic rings. The van der Waals surface area contributed by atoms with E-state index in [1.807, 2.05) is 16.5 Å². The van der Waals surface area contributed by atoms with E-state index in [4.69, 9.17) is 10.5 Å². The van der Waals surface area contributed by atoms with Crippen molar-refractivity contribution in [1.29, 1.82) is 0 Å². The van der Waals surface area contributed by atoms with Crippen molar-refractivity contribution in [2.24, 2.45) is 0 Å². The summed E-state index contributed by atoms with van der Waals surface area (Å²) in [6, 6.07) is 5.47. The van der Waals surface area contributed by atoms with Gasteiger partial charge in [-0.2, -0.15) is 0 Å². The van der Waals surface area contributed by atoms with Gasteiger partial charge in [-0.05, 0) is 12.1 Å². The molecule has 0 amide bonds. The second-order valence-corrected chi connectivity index (χ2v) is 3.78. The molecule has 0 atom stereocenters. The average Bonchev–Trinajstić information content (AvgIpc) is 2.82. The molecule has 0 aliphatic heterocycles. The monoisotopic (exact) mass is 241 g/mol. The fraction of sp³-hybridized carbons (Fsp3) is 0.0833. The van der Waals surface area contributed by atoms with E-state index in [-0.39, 0.29) is 0 Å². The molecule has 0 bridgehead atoms. The highest BCUT2D eigenvalue weighted by molar-refractivity contribution is 5.74. The molecule has 0 aliphatic carbocycles. The number of aromatic nitrogens is 4. The summed E-state index contributed by atoms with van der Waals surface area (Å²) in [7, 11) is 1.60. The van der Waals surface area contributed by atoms with Crippen LogP contribution >= 0.6 is 0 Å². The summed E-state index contributed by atoms with van der Waals surface area (Å²) in [5.74, 6) is 1.40. The minimum absolute atomic E-state index is 0.598. The van der Waals surface area contributed by atoms with Crippen LogP contribution in [0.3, 0.4) is 0 Å². The Morgan fingerprint density at radius 2 is 2.17 bits per heavy atom. The molecule has 2 aromatic heterocycles. The van der Waals surface area contributed by atoms with Gasteiger partial charge in [0.15, 0.2) is 11.5 Å². The van der Waals surface area contributed by atoms with Crippen molar-refractivity contribution >= 4 is 11.3 Å². The van der Waals surface area contributed by atoms with Crippen LogP contribution < -0.4 is 10.5 Å². The molecule has 0 fully saturated rings. The topological polar surface area (TPSA) is 78.3 Å². The molecule has 6 heteroatoms. The summed E-state index contributed by atoms with van der Waals surface area (Å²) in [4.78, 5) is 4.00. The molecule has 0 saturated heterocycles. The largest absolute Gasteiger partial charge is 0.497 e. The van der Waals surface area contributed by atoms with Crippen LogP contribution in [0.5, 0.6) is 5.75 Å². The normalized spacial score (nSPS) is 10.7. The Kier molecular flexibility index (Phi) is 2.33. The van der Waals surface area contributed by atoms with E-state index in [1.165, 1.54) is 0 Å². The average molecular weight is 241 g/mol. The number of hydrogen-bond donors (Lipinski definition) is 1. The number of methoxy groups -OCH3 is 1. The molecule has 1 aromatic carbocycles. The van der Waals surface area contributed by atoms with Crippen molar-refractivity contribution in [1.82, 2.24) is 19.6 Å². The Morgan fingerprint density at radius 3 is 2.94 bits per heavy atom. The molecule has 0 aliphatic rings. The van der Waals surface area contributed by atoms with Gasteiger partial charge in [0.05, 0.1) is 13.3 Å². The standard InChI is InChI=1S/C12H11N5O/c1-18-8-2-3-9(10(13)6-8)12-16-15-11-7-14-4-5-17(11)12/h2-7H,13H2,1H3. The van der Waals surface area contributed by atoms with Crippen molar-refractivity contribution in [2.75, 3.05) is 12.8 Å². The molecule has 3 rings (SSSR count). The lowest BCUT2D eigenvalue weighted by Crippen LogP contribution is -1.96. The molecule has 2 N–H and O–H groups in total. The van der Waals surface area contributed by atoms with Gasteiger partial charge in [-0.3, -0.25) is 9.38 Å². The van der Waals surface area contributed by atoms with Crippen molar-refractivity contribution in [3.05, 3.63) is 36.8 Å². The molecule has 0 spiro atoms. The van der Waals surface area contributed by atoms with Gasteiger partial charge in [-0.15, -0.1) is 10.2 Å². The summed E-state index contributed by atoms with van der Waals surface area (Å²) < 4.78 is 6.96. The van der Waals surface area contributed by atoms with Crippen LogP contribution in [-0.4, -0.2) is 26.7 Å². The highest BCUT2D eigenvalue weighted by Gasteiger charge is 2.11. The van der Waals surface area contributed by atoms with E-state index in [2.05, 4.69) is 15.2 Å². The number of rotatable bonds is 2. The van der Waals surface area contributed by atoms with Crippen LogP contribution in [0.1, 0.15) is 0 Å². The van der Waals surface area contributed by atoms with Crippen LogP contribution in [-0.2, 0) is 0 Å². The summed E-state index contributed by atoms with van der Waals surface area (Å²) in [6.45, 7) is 0. The molecule has 0 unspecified atom stereocenters. The van der Waals surface area contributed by atoms with Gasteiger partial charge in [0, 0.05) is 29.7 Å². The fourth-order valence-electron chi connectivity index (χ4n) is 1.81. The van der Waals surface area contributed by atoms with Crippen LogP contribution in [0.4, 0.5) is 5.69 Å². The van der Waals surface area contributed by atoms with E-state index >= 15 is 0 Å². The van der Waals surface area contributed by atoms with Gasteiger partial charge >= 0.3 is 0 Å². The number of ether oxygens (including phenoxy) is 1. The van der Waals surface area contributed by atoms with Gasteiger partial charge in [0.2, 0.25) is 0 Å². The third kappa shape index (κ3) is 1.55. The minimum Gasteiger partial charge on any atom is -0.497 e.